The van der Waals surface area contributed by atoms with Crippen molar-refractivity contribution >= 4 is 27.3 Å². The van der Waals surface area contributed by atoms with Gasteiger partial charge in [0.1, 0.15) is 0 Å². The van der Waals surface area contributed by atoms with E-state index in [9.17, 15) is 0 Å². The van der Waals surface area contributed by atoms with Gasteiger partial charge in [-0.2, -0.15) is 0 Å². The largest absolute Gasteiger partial charge is 0.144 e. The van der Waals surface area contributed by atoms with Gasteiger partial charge in [-0.05, 0) is 46.5 Å². The van der Waals surface area contributed by atoms with Gasteiger partial charge < -0.3 is 0 Å². The van der Waals surface area contributed by atoms with Crippen LogP contribution in [0.25, 0.3) is 0 Å². The van der Waals surface area contributed by atoms with E-state index in [2.05, 4.69) is 60.1 Å². The van der Waals surface area contributed by atoms with Crippen molar-refractivity contribution in [3.05, 3.63) is 55.7 Å². The minimum Gasteiger partial charge on any atom is -0.144 e. The molecule has 0 saturated heterocycles. The molecule has 0 aliphatic heterocycles. The molecule has 0 fully saturated rings. The van der Waals surface area contributed by atoms with Crippen molar-refractivity contribution in [1.29, 1.82) is 0 Å². The molecule has 0 spiro atoms. The summed E-state index contributed by atoms with van der Waals surface area (Å²) in [5, 5.41) is 0. The molecule has 0 aliphatic rings. The molecule has 0 aliphatic carbocycles. The van der Waals surface area contributed by atoms with Gasteiger partial charge in [-0.3, -0.25) is 0 Å². The molecule has 0 N–H and O–H groups in total. The third-order valence-corrected chi connectivity index (χ3v) is 5.00. The van der Waals surface area contributed by atoms with Crippen molar-refractivity contribution in [2.45, 2.75) is 26.7 Å². The Hall–Kier alpha value is -0.600. The second-order valence-corrected chi connectivity index (χ2v) is 6.02. The number of thiophene rings is 1. The molecule has 0 radical (unpaired) electrons. The second kappa shape index (κ2) is 5.15. The minimum atomic E-state index is 1.05. The lowest BCUT2D eigenvalue weighted by Gasteiger charge is -2.02. The number of aryl methyl sites for hydroxylation is 2. The highest BCUT2D eigenvalue weighted by Gasteiger charge is 2.06. The van der Waals surface area contributed by atoms with Crippen LogP contribution in [0, 0.1) is 6.92 Å². The first-order valence-electron chi connectivity index (χ1n) is 5.52. The predicted octanol–water partition coefficient (Wildman–Crippen LogP) is 4.97. The first kappa shape index (κ1) is 11.9. The molecule has 84 valence electrons. The van der Waals surface area contributed by atoms with E-state index < -0.39 is 0 Å². The Morgan fingerprint density at radius 3 is 2.62 bits per heavy atom. The maximum Gasteiger partial charge on any atom is 0.0317 e. The molecule has 2 rings (SSSR count). The number of benzene rings is 1. The highest BCUT2D eigenvalue weighted by molar-refractivity contribution is 9.10. The van der Waals surface area contributed by atoms with Gasteiger partial charge in [0.05, 0.1) is 0 Å². The van der Waals surface area contributed by atoms with E-state index >= 15 is 0 Å². The summed E-state index contributed by atoms with van der Waals surface area (Å²) in [5.74, 6) is 0. The van der Waals surface area contributed by atoms with E-state index in [1.54, 1.807) is 0 Å². The Morgan fingerprint density at radius 1 is 1.25 bits per heavy atom. The van der Waals surface area contributed by atoms with E-state index in [1.807, 2.05) is 11.3 Å². The molecule has 0 amide bonds. The zero-order valence-corrected chi connectivity index (χ0v) is 12.0. The molecule has 16 heavy (non-hydrogen) atoms. The van der Waals surface area contributed by atoms with Crippen LogP contribution in [-0.4, -0.2) is 0 Å². The Balaban J connectivity index is 2.24. The maximum absolute atomic E-state index is 3.62. The molecule has 0 atom stereocenters. The summed E-state index contributed by atoms with van der Waals surface area (Å²) in [6.45, 7) is 4.38. The quantitative estimate of drug-likeness (QED) is 0.749. The van der Waals surface area contributed by atoms with Crippen LogP contribution in [0.5, 0.6) is 0 Å². The number of hydrogen-bond donors (Lipinski definition) is 0. The van der Waals surface area contributed by atoms with Crippen molar-refractivity contribution in [3.8, 4) is 0 Å². The van der Waals surface area contributed by atoms with Crippen LogP contribution in [0.15, 0.2) is 34.8 Å². The zero-order valence-electron chi connectivity index (χ0n) is 9.59. The summed E-state index contributed by atoms with van der Waals surface area (Å²) in [4.78, 5) is 2.89. The molecule has 1 aromatic carbocycles. The van der Waals surface area contributed by atoms with E-state index in [0.717, 1.165) is 12.8 Å². The van der Waals surface area contributed by atoms with Crippen molar-refractivity contribution in [1.82, 2.24) is 0 Å². The van der Waals surface area contributed by atoms with Crippen molar-refractivity contribution < 1.29 is 0 Å². The molecule has 1 aromatic heterocycles. The van der Waals surface area contributed by atoms with Gasteiger partial charge in [-0.25, -0.2) is 0 Å². The summed E-state index contributed by atoms with van der Waals surface area (Å²) in [5.41, 5.74) is 2.81. The van der Waals surface area contributed by atoms with Crippen molar-refractivity contribution in [2.24, 2.45) is 0 Å². The normalized spacial score (nSPS) is 10.7. The van der Waals surface area contributed by atoms with Crippen LogP contribution in [0.4, 0.5) is 0 Å². The van der Waals surface area contributed by atoms with E-state index in [0.29, 0.717) is 0 Å². The van der Waals surface area contributed by atoms with Gasteiger partial charge >= 0.3 is 0 Å². The average Bonchev–Trinajstić information content (AvgIpc) is 2.62. The fourth-order valence-electron chi connectivity index (χ4n) is 1.78. The molecule has 1 heterocycles. The van der Waals surface area contributed by atoms with Crippen LogP contribution in [0.3, 0.4) is 0 Å². The fourth-order valence-corrected chi connectivity index (χ4v) is 3.76. The zero-order chi connectivity index (χ0) is 11.5. The lowest BCUT2D eigenvalue weighted by atomic mass is 10.1. The highest BCUT2D eigenvalue weighted by Crippen LogP contribution is 2.29. The second-order valence-electron chi connectivity index (χ2n) is 3.94. The first-order chi connectivity index (χ1) is 7.70. The minimum absolute atomic E-state index is 1.05. The van der Waals surface area contributed by atoms with Crippen LogP contribution in [0.1, 0.15) is 27.8 Å². The van der Waals surface area contributed by atoms with Crippen LogP contribution in [-0.2, 0) is 12.8 Å². The summed E-state index contributed by atoms with van der Waals surface area (Å²) in [6.07, 6.45) is 2.16. The number of rotatable bonds is 3. The van der Waals surface area contributed by atoms with Gasteiger partial charge in [0.25, 0.3) is 0 Å². The van der Waals surface area contributed by atoms with Gasteiger partial charge in [0.15, 0.2) is 0 Å². The molecular formula is C14H15BrS. The average molecular weight is 295 g/mol. The van der Waals surface area contributed by atoms with Crippen molar-refractivity contribution in [3.63, 3.8) is 0 Å². The molecule has 0 bridgehead atoms. The lowest BCUT2D eigenvalue weighted by molar-refractivity contribution is 1.17. The van der Waals surface area contributed by atoms with E-state index in [-0.39, 0.29) is 0 Å². The molecule has 0 saturated carbocycles. The molecule has 2 heteroatoms. The Labute approximate surface area is 109 Å². The van der Waals surface area contributed by atoms with Gasteiger partial charge in [0.2, 0.25) is 0 Å². The summed E-state index contributed by atoms with van der Waals surface area (Å²) in [6, 6.07) is 10.9. The standard InChI is InChI=1S/C14H15BrS/c1-3-14-13(15)9-12(16-14)8-11-7-5-4-6-10(11)2/h4-7,9H,3,8H2,1-2H3. The summed E-state index contributed by atoms with van der Waals surface area (Å²) >= 11 is 5.54. The topological polar surface area (TPSA) is 0 Å². The van der Waals surface area contributed by atoms with Gasteiger partial charge in [-0.15, -0.1) is 11.3 Å². The maximum atomic E-state index is 3.62. The molecule has 0 nitrogen and oxygen atoms in total. The van der Waals surface area contributed by atoms with Gasteiger partial charge in [0, 0.05) is 20.6 Å². The van der Waals surface area contributed by atoms with Gasteiger partial charge in [-0.1, -0.05) is 31.2 Å². The van der Waals surface area contributed by atoms with Crippen LogP contribution < -0.4 is 0 Å². The van der Waals surface area contributed by atoms with Crippen molar-refractivity contribution in [2.75, 3.05) is 0 Å². The summed E-state index contributed by atoms with van der Waals surface area (Å²) < 4.78 is 1.27. The number of hydrogen-bond acceptors (Lipinski definition) is 1. The summed E-state index contributed by atoms with van der Waals surface area (Å²) in [7, 11) is 0. The number of halogens is 1. The Bertz CT molecular complexity index is 485. The molecular weight excluding hydrogens is 280 g/mol. The lowest BCUT2D eigenvalue weighted by Crippen LogP contribution is -1.87. The molecule has 2 aromatic rings. The predicted molar refractivity (Wildman–Crippen MR) is 75.4 cm³/mol. The van der Waals surface area contributed by atoms with Crippen LogP contribution in [0.2, 0.25) is 0 Å². The Morgan fingerprint density at radius 2 is 2.00 bits per heavy atom. The van der Waals surface area contributed by atoms with E-state index in [1.165, 1.54) is 25.4 Å². The SMILES string of the molecule is CCc1sc(Cc2ccccc2C)cc1Br. The third-order valence-electron chi connectivity index (χ3n) is 2.76. The Kier molecular flexibility index (Phi) is 3.82. The third kappa shape index (κ3) is 2.55. The highest BCUT2D eigenvalue weighted by atomic mass is 79.9. The molecule has 0 unspecified atom stereocenters. The van der Waals surface area contributed by atoms with E-state index in [4.69, 9.17) is 0 Å². The fraction of sp³-hybridized carbons (Fsp3) is 0.286. The smallest absolute Gasteiger partial charge is 0.0317 e. The monoisotopic (exact) mass is 294 g/mol. The first-order valence-corrected chi connectivity index (χ1v) is 7.13. The van der Waals surface area contributed by atoms with Crippen LogP contribution >= 0.6 is 27.3 Å².